The van der Waals surface area contributed by atoms with Crippen molar-refractivity contribution >= 4 is 6.21 Å². The summed E-state index contributed by atoms with van der Waals surface area (Å²) < 4.78 is 5.76. The molecular weight excluding hydrogens is 250 g/mol. The topological polar surface area (TPSA) is 30.8 Å². The van der Waals surface area contributed by atoms with Gasteiger partial charge in [-0.1, -0.05) is 47.6 Å². The van der Waals surface area contributed by atoms with E-state index in [1.54, 1.807) is 0 Å². The van der Waals surface area contributed by atoms with Gasteiger partial charge in [0.1, 0.15) is 12.4 Å². The van der Waals surface area contributed by atoms with E-state index in [2.05, 4.69) is 17.3 Å². The number of hydrogen-bond donors (Lipinski definition) is 0. The van der Waals surface area contributed by atoms with Crippen LogP contribution >= 0.6 is 0 Å². The predicted molar refractivity (Wildman–Crippen MR) is 78.8 cm³/mol. The maximum absolute atomic E-state index is 5.76. The van der Waals surface area contributed by atoms with Crippen LogP contribution in [0.3, 0.4) is 0 Å². The summed E-state index contributed by atoms with van der Waals surface area (Å²) in [5.74, 6) is 0.872. The summed E-state index contributed by atoms with van der Waals surface area (Å²) in [6.45, 7) is 0.588. The maximum Gasteiger partial charge on any atom is 0.152 e. The van der Waals surface area contributed by atoms with Crippen LogP contribution in [0.4, 0.5) is 0 Å². The minimum absolute atomic E-state index is 0.0724. The van der Waals surface area contributed by atoms with Gasteiger partial charge in [0, 0.05) is 6.21 Å². The van der Waals surface area contributed by atoms with Gasteiger partial charge in [-0.2, -0.15) is 0 Å². The van der Waals surface area contributed by atoms with Crippen LogP contribution in [-0.4, -0.2) is 6.21 Å². The molecule has 3 heteroatoms. The van der Waals surface area contributed by atoms with Gasteiger partial charge >= 0.3 is 0 Å². The Morgan fingerprint density at radius 3 is 2.55 bits per heavy atom. The van der Waals surface area contributed by atoms with E-state index in [1.807, 2.05) is 48.7 Å². The fourth-order valence-corrected chi connectivity index (χ4v) is 2.19. The van der Waals surface area contributed by atoms with Gasteiger partial charge in [-0.3, -0.25) is 0 Å². The van der Waals surface area contributed by atoms with Crippen LogP contribution in [0, 0.1) is 0 Å². The number of hydrogen-bond acceptors (Lipinski definition) is 3. The second-order valence-electron chi connectivity index (χ2n) is 4.80. The maximum atomic E-state index is 5.76. The highest BCUT2D eigenvalue weighted by Gasteiger charge is 2.14. The normalized spacial score (nSPS) is 17.5. The molecule has 0 saturated carbocycles. The molecule has 0 bridgehead atoms. The quantitative estimate of drug-likeness (QED) is 0.835. The van der Waals surface area contributed by atoms with Gasteiger partial charge in [0.05, 0.1) is 0 Å². The van der Waals surface area contributed by atoms with E-state index in [0.29, 0.717) is 6.61 Å². The van der Waals surface area contributed by atoms with E-state index in [9.17, 15) is 0 Å². The Hall–Kier alpha value is -2.29. The number of benzene rings is 2. The Bertz CT molecular complexity index is 563. The van der Waals surface area contributed by atoms with E-state index < -0.39 is 0 Å². The standard InChI is InChI=1S/C17H17NO2/c1-2-5-14(6-3-1)13-19-16-10-8-15(9-11-16)17-7-4-12-18-20-17/h1-3,5-6,8-12,17H,4,7,13H2/t17-/m0/s1. The first-order valence-electron chi connectivity index (χ1n) is 6.86. The van der Waals surface area contributed by atoms with Gasteiger partial charge in [0.25, 0.3) is 0 Å². The number of ether oxygens (including phenoxy) is 1. The Labute approximate surface area is 118 Å². The van der Waals surface area contributed by atoms with Crippen LogP contribution in [0.2, 0.25) is 0 Å². The molecule has 1 atom stereocenters. The molecule has 0 aliphatic carbocycles. The van der Waals surface area contributed by atoms with Crippen molar-refractivity contribution in [1.82, 2.24) is 0 Å². The van der Waals surface area contributed by atoms with Gasteiger partial charge in [0.2, 0.25) is 0 Å². The summed E-state index contributed by atoms with van der Waals surface area (Å²) >= 11 is 0. The predicted octanol–water partition coefficient (Wildman–Crippen LogP) is 4.10. The number of nitrogens with zero attached hydrogens (tertiary/aromatic N) is 1. The molecule has 1 aliphatic rings. The second-order valence-corrected chi connectivity index (χ2v) is 4.80. The lowest BCUT2D eigenvalue weighted by Crippen LogP contribution is -2.05. The first-order valence-corrected chi connectivity index (χ1v) is 6.86. The molecule has 2 aromatic rings. The average Bonchev–Trinajstić information content (AvgIpc) is 2.55. The zero-order valence-electron chi connectivity index (χ0n) is 11.2. The van der Waals surface area contributed by atoms with Crippen LogP contribution < -0.4 is 4.74 Å². The minimum Gasteiger partial charge on any atom is -0.489 e. The number of rotatable bonds is 4. The fraction of sp³-hybridized carbons (Fsp3) is 0.235. The van der Waals surface area contributed by atoms with Gasteiger partial charge in [-0.05, 0) is 36.1 Å². The highest BCUT2D eigenvalue weighted by Crippen LogP contribution is 2.26. The summed E-state index contributed by atoms with van der Waals surface area (Å²) in [5, 5.41) is 3.88. The SMILES string of the molecule is C1=NO[C@H](c2ccc(OCc3ccccc3)cc2)CC1. The van der Waals surface area contributed by atoms with Crippen molar-refractivity contribution in [2.45, 2.75) is 25.6 Å². The molecule has 3 rings (SSSR count). The third kappa shape index (κ3) is 3.18. The smallest absolute Gasteiger partial charge is 0.152 e. The molecule has 1 aliphatic heterocycles. The van der Waals surface area contributed by atoms with Crippen LogP contribution in [0.15, 0.2) is 59.8 Å². The average molecular weight is 267 g/mol. The molecule has 0 unspecified atom stereocenters. The minimum atomic E-state index is 0.0724. The monoisotopic (exact) mass is 267 g/mol. The summed E-state index contributed by atoms with van der Waals surface area (Å²) in [4.78, 5) is 5.36. The van der Waals surface area contributed by atoms with Gasteiger partial charge in [-0.25, -0.2) is 0 Å². The first-order chi connectivity index (χ1) is 9.92. The molecule has 2 aromatic carbocycles. The first kappa shape index (κ1) is 12.7. The molecule has 0 aromatic heterocycles. The third-order valence-electron chi connectivity index (χ3n) is 3.32. The summed E-state index contributed by atoms with van der Waals surface area (Å²) in [7, 11) is 0. The van der Waals surface area contributed by atoms with Crippen molar-refractivity contribution in [2.24, 2.45) is 5.16 Å². The van der Waals surface area contributed by atoms with Crippen LogP contribution in [0.5, 0.6) is 5.75 Å². The third-order valence-corrected chi connectivity index (χ3v) is 3.32. The zero-order chi connectivity index (χ0) is 13.6. The molecule has 3 nitrogen and oxygen atoms in total. The molecule has 20 heavy (non-hydrogen) atoms. The van der Waals surface area contributed by atoms with Crippen molar-refractivity contribution < 1.29 is 9.57 Å². The highest BCUT2D eigenvalue weighted by atomic mass is 16.6. The van der Waals surface area contributed by atoms with Crippen molar-refractivity contribution in [1.29, 1.82) is 0 Å². The van der Waals surface area contributed by atoms with Crippen LogP contribution in [-0.2, 0) is 11.4 Å². The molecule has 0 N–H and O–H groups in total. The molecule has 0 fully saturated rings. The summed E-state index contributed by atoms with van der Waals surface area (Å²) in [5.41, 5.74) is 2.32. The van der Waals surface area contributed by atoms with E-state index in [0.717, 1.165) is 24.2 Å². The van der Waals surface area contributed by atoms with Gasteiger partial charge < -0.3 is 9.57 Å². The van der Waals surface area contributed by atoms with Crippen molar-refractivity contribution in [2.75, 3.05) is 0 Å². The lowest BCUT2D eigenvalue weighted by Gasteiger charge is -2.17. The van der Waals surface area contributed by atoms with Crippen LogP contribution in [0.25, 0.3) is 0 Å². The lowest BCUT2D eigenvalue weighted by molar-refractivity contribution is 0.0450. The molecule has 0 saturated heterocycles. The molecule has 0 radical (unpaired) electrons. The molecule has 0 amide bonds. The Morgan fingerprint density at radius 2 is 1.85 bits per heavy atom. The Balaban J connectivity index is 1.60. The Kier molecular flexibility index (Phi) is 3.97. The van der Waals surface area contributed by atoms with Crippen LogP contribution in [0.1, 0.15) is 30.1 Å². The molecule has 0 spiro atoms. The summed E-state index contributed by atoms with van der Waals surface area (Å²) in [6.07, 6.45) is 3.83. The van der Waals surface area contributed by atoms with E-state index in [4.69, 9.17) is 9.57 Å². The molecule has 102 valence electrons. The van der Waals surface area contributed by atoms with Gasteiger partial charge in [0.15, 0.2) is 6.10 Å². The van der Waals surface area contributed by atoms with E-state index in [-0.39, 0.29) is 6.10 Å². The van der Waals surface area contributed by atoms with Crippen molar-refractivity contribution in [3.05, 3.63) is 65.7 Å². The van der Waals surface area contributed by atoms with Gasteiger partial charge in [-0.15, -0.1) is 0 Å². The van der Waals surface area contributed by atoms with E-state index in [1.165, 1.54) is 5.56 Å². The zero-order valence-corrected chi connectivity index (χ0v) is 11.2. The van der Waals surface area contributed by atoms with Crippen molar-refractivity contribution in [3.8, 4) is 5.75 Å². The largest absolute Gasteiger partial charge is 0.489 e. The molecule has 1 heterocycles. The Morgan fingerprint density at radius 1 is 1.05 bits per heavy atom. The fourth-order valence-electron chi connectivity index (χ4n) is 2.19. The second kappa shape index (κ2) is 6.24. The van der Waals surface area contributed by atoms with E-state index >= 15 is 0 Å². The number of oxime groups is 1. The highest BCUT2D eigenvalue weighted by molar-refractivity contribution is 5.57. The molecular formula is C17H17NO2. The summed E-state index contributed by atoms with van der Waals surface area (Å²) in [6, 6.07) is 18.2. The van der Waals surface area contributed by atoms with Crippen molar-refractivity contribution in [3.63, 3.8) is 0 Å². The lowest BCUT2D eigenvalue weighted by atomic mass is 10.0.